The summed E-state index contributed by atoms with van der Waals surface area (Å²) in [5, 5.41) is 26.9. The zero-order valence-corrected chi connectivity index (χ0v) is 24.7. The van der Waals surface area contributed by atoms with Crippen molar-refractivity contribution in [2.75, 3.05) is 11.9 Å². The van der Waals surface area contributed by atoms with Gasteiger partial charge in [-0.15, -0.1) is 0 Å². The summed E-state index contributed by atoms with van der Waals surface area (Å²) in [7, 11) is -4.13. The lowest BCUT2D eigenvalue weighted by Gasteiger charge is -2.42. The fraction of sp³-hybridized carbons (Fsp3) is 0.464. The summed E-state index contributed by atoms with van der Waals surface area (Å²) in [4.78, 5) is 36.6. The largest absolute Gasteiger partial charge is 0.387 e. The van der Waals surface area contributed by atoms with E-state index in [4.69, 9.17) is 11.6 Å². The molecule has 0 aromatic heterocycles. The van der Waals surface area contributed by atoms with Crippen LogP contribution >= 0.6 is 11.6 Å². The van der Waals surface area contributed by atoms with Crippen LogP contribution in [-0.2, 0) is 19.4 Å². The first-order chi connectivity index (χ1) is 20.0. The Bertz CT molecular complexity index is 1520. The van der Waals surface area contributed by atoms with Gasteiger partial charge in [-0.05, 0) is 69.6 Å². The Labute approximate surface area is 250 Å². The van der Waals surface area contributed by atoms with Crippen LogP contribution in [0.4, 0.5) is 18.9 Å². The second-order valence-electron chi connectivity index (χ2n) is 11.1. The quantitative estimate of drug-likeness (QED) is 0.262. The third-order valence-corrected chi connectivity index (χ3v) is 10.9. The number of aliphatic hydroxyl groups excluding tert-OH is 1. The van der Waals surface area contributed by atoms with Crippen molar-refractivity contribution in [1.29, 1.82) is 0 Å². The van der Waals surface area contributed by atoms with Crippen molar-refractivity contribution in [1.82, 2.24) is 10.6 Å². The van der Waals surface area contributed by atoms with E-state index in [9.17, 15) is 46.2 Å². The molecule has 2 bridgehead atoms. The number of carbonyl (C=O) groups excluding carboxylic acids is 3. The van der Waals surface area contributed by atoms with Crippen LogP contribution in [0, 0.1) is 29.3 Å². The molecule has 2 aromatic rings. The Kier molecular flexibility index (Phi) is 9.45. The van der Waals surface area contributed by atoms with E-state index in [2.05, 4.69) is 16.0 Å². The average Bonchev–Trinajstić information content (AvgIpc) is 3.09. The molecule has 4 rings (SSSR count). The van der Waals surface area contributed by atoms with E-state index in [1.54, 1.807) is 0 Å². The molecule has 2 aliphatic rings. The first kappa shape index (κ1) is 32.7. The van der Waals surface area contributed by atoms with E-state index in [0.29, 0.717) is 25.0 Å². The SMILES string of the molecule is C[C@H](O)C(=O)N[C@@H](C)C(=O)NCC1(O)C2CC[C@H]1CC(S(=O)(=O)c1cc(C(=O)Nc3cc(F)c(F)c(F)c3)ccc1Cl)C2. The van der Waals surface area contributed by atoms with E-state index < -0.39 is 79.8 Å². The maximum atomic E-state index is 13.7. The smallest absolute Gasteiger partial charge is 0.255 e. The standard InChI is InChI=1S/C28H31ClF3N3O7S/c1-13(34-26(38)14(2)36)25(37)33-12-28(40)16-4-5-17(28)9-19(8-16)43(41,42)23-7-15(3-6-20(23)29)27(39)35-18-10-21(30)24(32)22(31)11-18/h3,6-7,10-11,13-14,16-17,19,36,40H,4-5,8-9,12H2,1-2H3,(H,33,37)(H,34,38)(H,35,39)/t13-,14-,16-,17?,19?,28?/m0/s1. The minimum atomic E-state index is -4.13. The molecule has 234 valence electrons. The van der Waals surface area contributed by atoms with Crippen LogP contribution in [-0.4, -0.2) is 65.9 Å². The second kappa shape index (κ2) is 12.4. The maximum absolute atomic E-state index is 13.7. The van der Waals surface area contributed by atoms with E-state index in [1.807, 2.05) is 0 Å². The van der Waals surface area contributed by atoms with Crippen LogP contribution in [0.3, 0.4) is 0 Å². The Hall–Kier alpha value is -3.20. The molecule has 2 fully saturated rings. The zero-order valence-electron chi connectivity index (χ0n) is 23.2. The maximum Gasteiger partial charge on any atom is 0.255 e. The van der Waals surface area contributed by atoms with Crippen molar-refractivity contribution >= 4 is 44.8 Å². The van der Waals surface area contributed by atoms with Crippen LogP contribution in [0.1, 0.15) is 49.9 Å². The van der Waals surface area contributed by atoms with Gasteiger partial charge in [0, 0.05) is 29.9 Å². The number of hydrogen-bond donors (Lipinski definition) is 5. The summed E-state index contributed by atoms with van der Waals surface area (Å²) in [5.41, 5.74) is -1.94. The molecule has 2 saturated carbocycles. The number of anilines is 1. The van der Waals surface area contributed by atoms with Crippen LogP contribution < -0.4 is 16.0 Å². The number of hydrogen-bond acceptors (Lipinski definition) is 7. The molecule has 2 aliphatic carbocycles. The number of aliphatic hydroxyl groups is 2. The van der Waals surface area contributed by atoms with E-state index >= 15 is 0 Å². The molecule has 0 heterocycles. The van der Waals surface area contributed by atoms with Crippen molar-refractivity contribution in [2.24, 2.45) is 11.8 Å². The van der Waals surface area contributed by atoms with Crippen molar-refractivity contribution in [2.45, 2.75) is 67.4 Å². The van der Waals surface area contributed by atoms with E-state index in [-0.39, 0.29) is 40.6 Å². The number of sulfone groups is 1. The van der Waals surface area contributed by atoms with Gasteiger partial charge in [-0.1, -0.05) is 11.6 Å². The molecule has 0 radical (unpaired) electrons. The van der Waals surface area contributed by atoms with Crippen molar-refractivity contribution in [3.63, 3.8) is 0 Å². The third kappa shape index (κ3) is 6.66. The van der Waals surface area contributed by atoms with Gasteiger partial charge in [-0.3, -0.25) is 14.4 Å². The minimum absolute atomic E-state index is 0.0560. The first-order valence-electron chi connectivity index (χ1n) is 13.5. The number of fused-ring (bicyclic) bond motifs is 2. The van der Waals surface area contributed by atoms with E-state index in [0.717, 1.165) is 6.07 Å². The van der Waals surface area contributed by atoms with Crippen LogP contribution in [0.2, 0.25) is 5.02 Å². The second-order valence-corrected chi connectivity index (χ2v) is 13.7. The van der Waals surface area contributed by atoms with Gasteiger partial charge in [-0.25, -0.2) is 21.6 Å². The molecule has 5 N–H and O–H groups in total. The highest BCUT2D eigenvalue weighted by molar-refractivity contribution is 7.92. The minimum Gasteiger partial charge on any atom is -0.387 e. The van der Waals surface area contributed by atoms with Crippen LogP contribution in [0.25, 0.3) is 0 Å². The van der Waals surface area contributed by atoms with Crippen molar-refractivity contribution in [3.8, 4) is 0 Å². The van der Waals surface area contributed by atoms with Crippen LogP contribution in [0.15, 0.2) is 35.2 Å². The summed E-state index contributed by atoms with van der Waals surface area (Å²) < 4.78 is 67.9. The van der Waals surface area contributed by atoms with Gasteiger partial charge >= 0.3 is 0 Å². The Morgan fingerprint density at radius 3 is 2.16 bits per heavy atom. The zero-order chi connectivity index (χ0) is 31.9. The Balaban J connectivity index is 1.47. The summed E-state index contributed by atoms with van der Waals surface area (Å²) in [6, 6.07) is 3.66. The van der Waals surface area contributed by atoms with Gasteiger partial charge in [0.2, 0.25) is 11.8 Å². The summed E-state index contributed by atoms with van der Waals surface area (Å²) in [6.07, 6.45) is -0.169. The average molecular weight is 646 g/mol. The van der Waals surface area contributed by atoms with Gasteiger partial charge in [-0.2, -0.15) is 0 Å². The molecule has 0 saturated heterocycles. The van der Waals surface area contributed by atoms with Gasteiger partial charge in [0.15, 0.2) is 27.3 Å². The highest BCUT2D eigenvalue weighted by Crippen LogP contribution is 2.52. The van der Waals surface area contributed by atoms with Gasteiger partial charge in [0.05, 0.1) is 20.8 Å². The fourth-order valence-electron chi connectivity index (χ4n) is 5.81. The number of halogens is 4. The molecule has 15 heteroatoms. The number of rotatable bonds is 9. The number of nitrogens with one attached hydrogen (secondary N) is 3. The number of amides is 3. The van der Waals surface area contributed by atoms with Gasteiger partial charge in [0.25, 0.3) is 5.91 Å². The summed E-state index contributed by atoms with van der Waals surface area (Å²) >= 11 is 6.24. The lowest BCUT2D eigenvalue weighted by Crippen LogP contribution is -2.57. The molecule has 10 nitrogen and oxygen atoms in total. The summed E-state index contributed by atoms with van der Waals surface area (Å²) in [5.74, 6) is -7.92. The summed E-state index contributed by atoms with van der Waals surface area (Å²) in [6.45, 7) is 2.51. The highest BCUT2D eigenvalue weighted by atomic mass is 35.5. The number of benzene rings is 2. The van der Waals surface area contributed by atoms with Crippen molar-refractivity contribution < 1.29 is 46.2 Å². The lowest BCUT2D eigenvalue weighted by molar-refractivity contribution is -0.134. The fourth-order valence-corrected chi connectivity index (χ4v) is 8.21. The van der Waals surface area contributed by atoms with Crippen LogP contribution in [0.5, 0.6) is 0 Å². The Morgan fingerprint density at radius 2 is 1.60 bits per heavy atom. The van der Waals surface area contributed by atoms with Gasteiger partial charge < -0.3 is 26.2 Å². The lowest BCUT2D eigenvalue weighted by atomic mass is 9.74. The predicted molar refractivity (Wildman–Crippen MR) is 149 cm³/mol. The highest BCUT2D eigenvalue weighted by Gasteiger charge is 2.55. The monoisotopic (exact) mass is 645 g/mol. The molecule has 3 unspecified atom stereocenters. The molecule has 3 amide bonds. The number of carbonyl (C=O) groups is 3. The normalized spacial score (nSPS) is 24.6. The van der Waals surface area contributed by atoms with E-state index in [1.165, 1.54) is 26.0 Å². The molecule has 43 heavy (non-hydrogen) atoms. The Morgan fingerprint density at radius 1 is 1.02 bits per heavy atom. The van der Waals surface area contributed by atoms with Crippen molar-refractivity contribution in [3.05, 3.63) is 58.4 Å². The molecule has 0 aliphatic heterocycles. The first-order valence-corrected chi connectivity index (χ1v) is 15.4. The molecular weight excluding hydrogens is 615 g/mol. The third-order valence-electron chi connectivity index (χ3n) is 8.23. The molecular formula is C28H31ClF3N3O7S. The molecule has 6 atom stereocenters. The molecule has 2 aromatic carbocycles. The topological polar surface area (TPSA) is 162 Å². The molecule has 0 spiro atoms. The predicted octanol–water partition coefficient (Wildman–Crippen LogP) is 2.70. The van der Waals surface area contributed by atoms with Gasteiger partial charge in [0.1, 0.15) is 12.1 Å².